The van der Waals surface area contributed by atoms with Crippen LogP contribution in [-0.2, 0) is 20.2 Å². The minimum atomic E-state index is -3.31. The van der Waals surface area contributed by atoms with Gasteiger partial charge in [-0.3, -0.25) is 4.79 Å². The Hall–Kier alpha value is -1.40. The number of nitrogens with zero attached hydrogens (tertiary/aromatic N) is 1. The molecule has 0 atom stereocenters. The van der Waals surface area contributed by atoms with Crippen LogP contribution in [-0.4, -0.2) is 37.5 Å². The Labute approximate surface area is 140 Å². The Bertz CT molecular complexity index is 646. The number of hydrogen-bond donors (Lipinski definition) is 1. The highest BCUT2D eigenvalue weighted by Gasteiger charge is 2.22. The van der Waals surface area contributed by atoms with Crippen LogP contribution in [0.3, 0.4) is 0 Å². The third-order valence-corrected chi connectivity index (χ3v) is 5.03. The molecule has 0 saturated carbocycles. The van der Waals surface area contributed by atoms with Crippen molar-refractivity contribution in [1.29, 1.82) is 0 Å². The van der Waals surface area contributed by atoms with Crippen LogP contribution in [0.2, 0.25) is 0 Å². The zero-order chi connectivity index (χ0) is 17.8. The molecule has 0 aliphatic carbocycles. The zero-order valence-electron chi connectivity index (χ0n) is 14.9. The number of rotatable bonds is 6. The van der Waals surface area contributed by atoms with Gasteiger partial charge in [0.2, 0.25) is 15.9 Å². The Morgan fingerprint density at radius 2 is 1.78 bits per heavy atom. The van der Waals surface area contributed by atoms with Gasteiger partial charge in [0, 0.05) is 24.7 Å². The van der Waals surface area contributed by atoms with E-state index in [1.807, 2.05) is 24.3 Å². The number of carbonyl (C=O) groups is 1. The van der Waals surface area contributed by atoms with E-state index in [0.717, 1.165) is 11.3 Å². The van der Waals surface area contributed by atoms with Gasteiger partial charge in [-0.2, -0.15) is 4.31 Å². The van der Waals surface area contributed by atoms with Crippen molar-refractivity contribution in [1.82, 2.24) is 4.31 Å². The first kappa shape index (κ1) is 19.6. The molecule has 1 aromatic carbocycles. The van der Waals surface area contributed by atoms with E-state index in [-0.39, 0.29) is 30.3 Å². The summed E-state index contributed by atoms with van der Waals surface area (Å²) in [4.78, 5) is 12.2. The predicted molar refractivity (Wildman–Crippen MR) is 95.1 cm³/mol. The zero-order valence-corrected chi connectivity index (χ0v) is 15.7. The SMILES string of the molecule is CC(C)N(CCC(=O)Nc1ccccc1C(C)(C)C)S(C)(=O)=O. The van der Waals surface area contributed by atoms with Gasteiger partial charge >= 0.3 is 0 Å². The molecule has 0 fully saturated rings. The summed E-state index contributed by atoms with van der Waals surface area (Å²) in [6, 6.07) is 7.52. The first-order chi connectivity index (χ1) is 10.4. The van der Waals surface area contributed by atoms with E-state index < -0.39 is 10.0 Å². The minimum absolute atomic E-state index is 0.0827. The quantitative estimate of drug-likeness (QED) is 0.866. The van der Waals surface area contributed by atoms with Crippen molar-refractivity contribution >= 4 is 21.6 Å². The molecule has 0 radical (unpaired) electrons. The van der Waals surface area contributed by atoms with Crippen LogP contribution >= 0.6 is 0 Å². The van der Waals surface area contributed by atoms with E-state index >= 15 is 0 Å². The van der Waals surface area contributed by atoms with Gasteiger partial charge in [-0.15, -0.1) is 0 Å². The summed E-state index contributed by atoms with van der Waals surface area (Å²) in [5, 5.41) is 2.90. The highest BCUT2D eigenvalue weighted by molar-refractivity contribution is 7.88. The topological polar surface area (TPSA) is 66.5 Å². The van der Waals surface area contributed by atoms with Gasteiger partial charge in [0.1, 0.15) is 0 Å². The number of carbonyl (C=O) groups excluding carboxylic acids is 1. The van der Waals surface area contributed by atoms with Crippen LogP contribution < -0.4 is 5.32 Å². The molecular weight excluding hydrogens is 312 g/mol. The molecule has 0 unspecified atom stereocenters. The summed E-state index contributed by atoms with van der Waals surface area (Å²) in [5.74, 6) is -0.184. The number of hydrogen-bond acceptors (Lipinski definition) is 3. The van der Waals surface area contributed by atoms with Crippen molar-refractivity contribution in [2.45, 2.75) is 52.5 Å². The summed E-state index contributed by atoms with van der Waals surface area (Å²) in [6.45, 7) is 10.0. The second-order valence-corrected chi connectivity index (χ2v) is 9.00. The van der Waals surface area contributed by atoms with Crippen molar-refractivity contribution < 1.29 is 13.2 Å². The van der Waals surface area contributed by atoms with Crippen LogP contribution in [0.1, 0.15) is 46.6 Å². The molecule has 0 aliphatic heterocycles. The third-order valence-electron chi connectivity index (χ3n) is 3.57. The lowest BCUT2D eigenvalue weighted by Crippen LogP contribution is -2.38. The number of anilines is 1. The van der Waals surface area contributed by atoms with Crippen molar-refractivity contribution in [3.63, 3.8) is 0 Å². The lowest BCUT2D eigenvalue weighted by atomic mass is 9.86. The molecule has 0 spiro atoms. The van der Waals surface area contributed by atoms with Crippen molar-refractivity contribution in [2.75, 3.05) is 18.1 Å². The molecule has 23 heavy (non-hydrogen) atoms. The monoisotopic (exact) mass is 340 g/mol. The number of para-hydroxylation sites is 1. The van der Waals surface area contributed by atoms with Crippen LogP contribution in [0.15, 0.2) is 24.3 Å². The molecule has 1 amide bonds. The lowest BCUT2D eigenvalue weighted by molar-refractivity contribution is -0.116. The fourth-order valence-corrected chi connectivity index (χ4v) is 3.67. The molecule has 5 nitrogen and oxygen atoms in total. The van der Waals surface area contributed by atoms with Crippen molar-refractivity contribution in [3.05, 3.63) is 29.8 Å². The average Bonchev–Trinajstić information content (AvgIpc) is 2.36. The molecule has 6 heteroatoms. The molecule has 1 rings (SSSR count). The van der Waals surface area contributed by atoms with Crippen LogP contribution in [0.4, 0.5) is 5.69 Å². The second kappa shape index (κ2) is 7.45. The standard InChI is InChI=1S/C17H28N2O3S/c1-13(2)19(23(6,21)22)12-11-16(20)18-15-10-8-7-9-14(15)17(3,4)5/h7-10,13H,11-12H2,1-6H3,(H,18,20). The van der Waals surface area contributed by atoms with E-state index in [9.17, 15) is 13.2 Å². The fraction of sp³-hybridized carbons (Fsp3) is 0.588. The van der Waals surface area contributed by atoms with Gasteiger partial charge in [0.05, 0.1) is 6.26 Å². The molecule has 1 aromatic rings. The number of amides is 1. The lowest BCUT2D eigenvalue weighted by Gasteiger charge is -2.25. The van der Waals surface area contributed by atoms with Crippen LogP contribution in [0.25, 0.3) is 0 Å². The van der Waals surface area contributed by atoms with Crippen LogP contribution in [0.5, 0.6) is 0 Å². The fourth-order valence-electron chi connectivity index (χ4n) is 2.48. The second-order valence-electron chi connectivity index (χ2n) is 7.06. The minimum Gasteiger partial charge on any atom is -0.326 e. The molecule has 0 saturated heterocycles. The summed E-state index contributed by atoms with van der Waals surface area (Å²) in [5.41, 5.74) is 1.75. The Balaban J connectivity index is 2.79. The van der Waals surface area contributed by atoms with Gasteiger partial charge in [0.15, 0.2) is 0 Å². The number of nitrogens with one attached hydrogen (secondary N) is 1. The first-order valence-electron chi connectivity index (χ1n) is 7.79. The van der Waals surface area contributed by atoms with Crippen molar-refractivity contribution in [3.8, 4) is 0 Å². The van der Waals surface area contributed by atoms with Crippen LogP contribution in [0, 0.1) is 0 Å². The van der Waals surface area contributed by atoms with E-state index in [1.165, 1.54) is 10.6 Å². The normalized spacial score (nSPS) is 12.7. The van der Waals surface area contributed by atoms with E-state index in [4.69, 9.17) is 0 Å². The number of benzene rings is 1. The highest BCUT2D eigenvalue weighted by atomic mass is 32.2. The van der Waals surface area contributed by atoms with Gasteiger partial charge in [-0.1, -0.05) is 39.0 Å². The molecule has 130 valence electrons. The maximum absolute atomic E-state index is 12.2. The summed E-state index contributed by atoms with van der Waals surface area (Å²) >= 11 is 0. The highest BCUT2D eigenvalue weighted by Crippen LogP contribution is 2.29. The van der Waals surface area contributed by atoms with E-state index in [2.05, 4.69) is 26.1 Å². The first-order valence-corrected chi connectivity index (χ1v) is 9.64. The molecule has 1 N–H and O–H groups in total. The number of sulfonamides is 1. The third kappa shape index (κ3) is 5.95. The van der Waals surface area contributed by atoms with Gasteiger partial charge in [0.25, 0.3) is 0 Å². The summed E-state index contributed by atoms with van der Waals surface area (Å²) < 4.78 is 24.8. The smallest absolute Gasteiger partial charge is 0.225 e. The Morgan fingerprint density at radius 3 is 2.26 bits per heavy atom. The maximum atomic E-state index is 12.2. The summed E-state index contributed by atoms with van der Waals surface area (Å²) in [6.07, 6.45) is 1.30. The summed E-state index contributed by atoms with van der Waals surface area (Å²) in [7, 11) is -3.31. The molecule has 0 heterocycles. The van der Waals surface area contributed by atoms with Gasteiger partial charge in [-0.05, 0) is 30.9 Å². The van der Waals surface area contributed by atoms with Gasteiger partial charge in [-0.25, -0.2) is 8.42 Å². The molecule has 0 bridgehead atoms. The molecular formula is C17H28N2O3S. The molecule has 0 aromatic heterocycles. The Kier molecular flexibility index (Phi) is 6.36. The van der Waals surface area contributed by atoms with Crippen molar-refractivity contribution in [2.24, 2.45) is 0 Å². The Morgan fingerprint density at radius 1 is 1.22 bits per heavy atom. The largest absolute Gasteiger partial charge is 0.326 e. The van der Waals surface area contributed by atoms with Gasteiger partial charge < -0.3 is 5.32 Å². The maximum Gasteiger partial charge on any atom is 0.225 e. The predicted octanol–water partition coefficient (Wildman–Crippen LogP) is 2.98. The van der Waals surface area contributed by atoms with E-state index in [1.54, 1.807) is 13.8 Å². The average molecular weight is 340 g/mol. The molecule has 0 aliphatic rings. The van der Waals surface area contributed by atoms with E-state index in [0.29, 0.717) is 0 Å².